The molecule has 3 fully saturated rings. The second-order valence-electron chi connectivity index (χ2n) is 8.71. The molecular weight excluding hydrogens is 378 g/mol. The van der Waals surface area contributed by atoms with Crippen molar-refractivity contribution in [3.8, 4) is 0 Å². The first-order valence-corrected chi connectivity index (χ1v) is 14.5. The predicted octanol–water partition coefficient (Wildman–Crippen LogP) is 7.70. The van der Waals surface area contributed by atoms with Gasteiger partial charge >= 0.3 is 0 Å². The summed E-state index contributed by atoms with van der Waals surface area (Å²) in [6.07, 6.45) is 16.9. The Kier molecular flexibility index (Phi) is 29.8. The highest BCUT2D eigenvalue weighted by atomic mass is 15.1. The van der Waals surface area contributed by atoms with Crippen LogP contribution < -0.4 is 0 Å². The van der Waals surface area contributed by atoms with E-state index in [0.717, 1.165) is 0 Å². The first kappa shape index (κ1) is 33.1. The number of likely N-dealkylation sites (tertiary alicyclic amines) is 3. The first-order chi connectivity index (χ1) is 15.3. The van der Waals surface area contributed by atoms with Gasteiger partial charge in [-0.15, -0.1) is 0 Å². The molecule has 3 saturated heterocycles. The van der Waals surface area contributed by atoms with E-state index in [1.165, 1.54) is 136 Å². The van der Waals surface area contributed by atoms with Gasteiger partial charge in [0.15, 0.2) is 0 Å². The van der Waals surface area contributed by atoms with Crippen molar-refractivity contribution in [1.82, 2.24) is 14.7 Å². The zero-order valence-electron chi connectivity index (χ0n) is 23.2. The molecule has 3 nitrogen and oxygen atoms in total. The molecule has 0 aromatic carbocycles. The van der Waals surface area contributed by atoms with Gasteiger partial charge in [0.1, 0.15) is 0 Å². The van der Waals surface area contributed by atoms with Gasteiger partial charge in [0, 0.05) is 0 Å². The number of hydrogen-bond donors (Lipinski definition) is 0. The normalized spacial score (nSPS) is 19.8. The lowest BCUT2D eigenvalue weighted by molar-refractivity contribution is 0.229. The zero-order valence-corrected chi connectivity index (χ0v) is 23.2. The number of piperidine rings is 3. The summed E-state index contributed by atoms with van der Waals surface area (Å²) in [6.45, 7) is 26.9. The van der Waals surface area contributed by atoms with Crippen LogP contribution in [0, 0.1) is 0 Å². The molecule has 0 aromatic rings. The monoisotopic (exact) mass is 442 g/mol. The van der Waals surface area contributed by atoms with Crippen LogP contribution in [0.25, 0.3) is 0 Å². The van der Waals surface area contributed by atoms with Crippen molar-refractivity contribution in [2.75, 3.05) is 58.9 Å². The van der Waals surface area contributed by atoms with E-state index < -0.39 is 0 Å². The topological polar surface area (TPSA) is 9.72 Å². The minimum Gasteiger partial charge on any atom is -0.303 e. The van der Waals surface area contributed by atoms with E-state index in [4.69, 9.17) is 0 Å². The molecule has 0 spiro atoms. The Morgan fingerprint density at radius 3 is 0.710 bits per heavy atom. The van der Waals surface area contributed by atoms with Crippen LogP contribution >= 0.6 is 0 Å². The van der Waals surface area contributed by atoms with Gasteiger partial charge in [0.2, 0.25) is 0 Å². The second kappa shape index (κ2) is 27.9. The molecule has 3 aliphatic heterocycles. The fourth-order valence-electron chi connectivity index (χ4n) is 4.50. The van der Waals surface area contributed by atoms with Gasteiger partial charge in [-0.25, -0.2) is 0 Å². The SMILES string of the molecule is CC.CC.CCCN1CCCCC1.CCCN1CCCCC1.CCCN1CCCCC1. The Morgan fingerprint density at radius 2 is 0.548 bits per heavy atom. The van der Waals surface area contributed by atoms with E-state index in [1.807, 2.05) is 27.7 Å². The zero-order chi connectivity index (χ0) is 23.6. The molecule has 0 bridgehead atoms. The predicted molar refractivity (Wildman–Crippen MR) is 144 cm³/mol. The second-order valence-corrected chi connectivity index (χ2v) is 8.71. The third-order valence-corrected chi connectivity index (χ3v) is 5.97. The van der Waals surface area contributed by atoms with Gasteiger partial charge in [-0.05, 0) is 117 Å². The summed E-state index contributed by atoms with van der Waals surface area (Å²) in [6, 6.07) is 0. The summed E-state index contributed by atoms with van der Waals surface area (Å²) in [7, 11) is 0. The van der Waals surface area contributed by atoms with Gasteiger partial charge in [-0.1, -0.05) is 67.7 Å². The first-order valence-electron chi connectivity index (χ1n) is 14.5. The Hall–Kier alpha value is -0.120. The molecule has 0 radical (unpaired) electrons. The van der Waals surface area contributed by atoms with Crippen LogP contribution in [0.3, 0.4) is 0 Å². The summed E-state index contributed by atoms with van der Waals surface area (Å²) in [4.78, 5) is 7.72. The highest BCUT2D eigenvalue weighted by Crippen LogP contribution is 2.09. The van der Waals surface area contributed by atoms with Gasteiger partial charge < -0.3 is 14.7 Å². The average Bonchev–Trinajstić information content (AvgIpc) is 2.85. The molecule has 0 aromatic heterocycles. The maximum atomic E-state index is 2.57. The smallest absolute Gasteiger partial charge is 0.00187 e. The lowest BCUT2D eigenvalue weighted by Crippen LogP contribution is -2.30. The van der Waals surface area contributed by atoms with E-state index in [0.29, 0.717) is 0 Å². The molecule has 3 heterocycles. The lowest BCUT2D eigenvalue weighted by atomic mass is 10.1. The van der Waals surface area contributed by atoms with Crippen molar-refractivity contribution in [2.45, 2.75) is 126 Å². The molecule has 0 amide bonds. The molecule has 0 atom stereocenters. The summed E-state index contributed by atoms with van der Waals surface area (Å²) >= 11 is 0. The van der Waals surface area contributed by atoms with Crippen LogP contribution in [-0.4, -0.2) is 73.6 Å². The average molecular weight is 442 g/mol. The van der Waals surface area contributed by atoms with E-state index in [9.17, 15) is 0 Å². The van der Waals surface area contributed by atoms with Crippen molar-refractivity contribution in [1.29, 1.82) is 0 Å². The van der Waals surface area contributed by atoms with Crippen LogP contribution in [-0.2, 0) is 0 Å². The lowest BCUT2D eigenvalue weighted by Gasteiger charge is -2.25. The fraction of sp³-hybridized carbons (Fsp3) is 1.00. The van der Waals surface area contributed by atoms with Gasteiger partial charge in [-0.3, -0.25) is 0 Å². The minimum absolute atomic E-state index is 1.32. The standard InChI is InChI=1S/3C8H17N.2C2H6/c3*1-2-6-9-7-4-3-5-8-9;2*1-2/h3*2-8H2,1H3;2*1-2H3. The maximum absolute atomic E-state index is 2.57. The Balaban J connectivity index is 0. The molecule has 0 unspecified atom stereocenters. The molecule has 0 aliphatic carbocycles. The van der Waals surface area contributed by atoms with E-state index in [2.05, 4.69) is 35.5 Å². The largest absolute Gasteiger partial charge is 0.303 e. The number of rotatable bonds is 6. The van der Waals surface area contributed by atoms with Crippen LogP contribution in [0.2, 0.25) is 0 Å². The third kappa shape index (κ3) is 21.5. The van der Waals surface area contributed by atoms with Crippen molar-refractivity contribution >= 4 is 0 Å². The number of nitrogens with zero attached hydrogens (tertiary/aromatic N) is 3. The quantitative estimate of drug-likeness (QED) is 0.418. The highest BCUT2D eigenvalue weighted by Gasteiger charge is 2.08. The van der Waals surface area contributed by atoms with Gasteiger partial charge in [0.05, 0.1) is 0 Å². The molecule has 3 aliphatic rings. The van der Waals surface area contributed by atoms with Crippen LogP contribution in [0.4, 0.5) is 0 Å². The molecule has 190 valence electrons. The summed E-state index contributed by atoms with van der Waals surface area (Å²) in [5.41, 5.74) is 0. The fourth-order valence-corrected chi connectivity index (χ4v) is 4.50. The van der Waals surface area contributed by atoms with E-state index in [-0.39, 0.29) is 0 Å². The van der Waals surface area contributed by atoms with Crippen molar-refractivity contribution in [3.63, 3.8) is 0 Å². The summed E-state index contributed by atoms with van der Waals surface area (Å²) in [5.74, 6) is 0. The molecular formula is C28H63N3. The van der Waals surface area contributed by atoms with E-state index in [1.54, 1.807) is 0 Å². The van der Waals surface area contributed by atoms with Crippen LogP contribution in [0.5, 0.6) is 0 Å². The van der Waals surface area contributed by atoms with Crippen molar-refractivity contribution in [2.24, 2.45) is 0 Å². The Bertz CT molecular complexity index is 235. The van der Waals surface area contributed by atoms with Crippen LogP contribution in [0.15, 0.2) is 0 Å². The third-order valence-electron chi connectivity index (χ3n) is 5.97. The molecule has 3 heteroatoms. The Labute approximate surface area is 199 Å². The Morgan fingerprint density at radius 1 is 0.355 bits per heavy atom. The number of hydrogen-bond acceptors (Lipinski definition) is 3. The summed E-state index contributed by atoms with van der Waals surface area (Å²) < 4.78 is 0. The van der Waals surface area contributed by atoms with Gasteiger partial charge in [0.25, 0.3) is 0 Å². The molecule has 31 heavy (non-hydrogen) atoms. The molecule has 0 N–H and O–H groups in total. The molecule has 3 rings (SSSR count). The van der Waals surface area contributed by atoms with Gasteiger partial charge in [-0.2, -0.15) is 0 Å². The van der Waals surface area contributed by atoms with Crippen LogP contribution in [0.1, 0.15) is 126 Å². The minimum atomic E-state index is 1.32. The summed E-state index contributed by atoms with van der Waals surface area (Å²) in [5, 5.41) is 0. The molecule has 0 saturated carbocycles. The van der Waals surface area contributed by atoms with E-state index >= 15 is 0 Å². The maximum Gasteiger partial charge on any atom is -0.00187 e. The highest BCUT2D eigenvalue weighted by molar-refractivity contribution is 4.64. The van der Waals surface area contributed by atoms with Crippen molar-refractivity contribution < 1.29 is 0 Å². The van der Waals surface area contributed by atoms with Crippen molar-refractivity contribution in [3.05, 3.63) is 0 Å².